The first kappa shape index (κ1) is 16.0. The van der Waals surface area contributed by atoms with Crippen LogP contribution in [0.15, 0.2) is 18.2 Å². The molecule has 0 aromatic heterocycles. The number of carbonyl (C=O) groups excluding carboxylic acids is 1. The first-order chi connectivity index (χ1) is 9.74. The number of rotatable bonds is 4. The summed E-state index contributed by atoms with van der Waals surface area (Å²) in [6.07, 6.45) is 0.435. The summed E-state index contributed by atoms with van der Waals surface area (Å²) in [7, 11) is 0. The second kappa shape index (κ2) is 6.20. The highest BCUT2D eigenvalue weighted by atomic mass is 35.5. The smallest absolute Gasteiger partial charge is 0.407 e. The van der Waals surface area contributed by atoms with E-state index in [9.17, 15) is 9.18 Å². The average Bonchev–Trinajstić information content (AvgIpc) is 3.06. The third-order valence-corrected chi connectivity index (χ3v) is 3.35. The summed E-state index contributed by atoms with van der Waals surface area (Å²) in [6.45, 7) is 6.00. The van der Waals surface area contributed by atoms with Gasteiger partial charge >= 0.3 is 6.09 Å². The van der Waals surface area contributed by atoms with Crippen LogP contribution in [0.5, 0.6) is 0 Å². The molecule has 2 unspecified atom stereocenters. The van der Waals surface area contributed by atoms with Gasteiger partial charge in [-0.25, -0.2) is 9.18 Å². The molecule has 0 bridgehead atoms. The van der Waals surface area contributed by atoms with Gasteiger partial charge in [-0.05, 0) is 44.9 Å². The molecule has 116 valence electrons. The van der Waals surface area contributed by atoms with Gasteiger partial charge in [0, 0.05) is 18.6 Å². The van der Waals surface area contributed by atoms with Crippen LogP contribution in [-0.4, -0.2) is 23.8 Å². The zero-order valence-corrected chi connectivity index (χ0v) is 13.1. The summed E-state index contributed by atoms with van der Waals surface area (Å²) >= 11 is 5.63. The molecule has 2 rings (SSSR count). The van der Waals surface area contributed by atoms with Crippen molar-refractivity contribution in [1.29, 1.82) is 0 Å². The van der Waals surface area contributed by atoms with E-state index in [1.807, 2.05) is 20.8 Å². The molecular weight excluding hydrogens is 295 g/mol. The molecule has 0 saturated heterocycles. The van der Waals surface area contributed by atoms with Crippen LogP contribution < -0.4 is 10.6 Å². The summed E-state index contributed by atoms with van der Waals surface area (Å²) in [5.41, 5.74) is 0.322. The highest BCUT2D eigenvalue weighted by Crippen LogP contribution is 2.23. The predicted molar refractivity (Wildman–Crippen MR) is 79.8 cm³/mol. The van der Waals surface area contributed by atoms with E-state index >= 15 is 0 Å². The third-order valence-electron chi connectivity index (χ3n) is 3.04. The van der Waals surface area contributed by atoms with Crippen molar-refractivity contribution in [3.8, 4) is 0 Å². The molecule has 0 radical (unpaired) electrons. The lowest BCUT2D eigenvalue weighted by Crippen LogP contribution is -2.36. The normalized spacial score (nSPS) is 21.0. The van der Waals surface area contributed by atoms with Gasteiger partial charge in [-0.3, -0.25) is 0 Å². The largest absolute Gasteiger partial charge is 0.444 e. The van der Waals surface area contributed by atoms with E-state index in [2.05, 4.69) is 10.6 Å². The fourth-order valence-corrected chi connectivity index (χ4v) is 2.06. The molecule has 2 atom stereocenters. The van der Waals surface area contributed by atoms with Crippen LogP contribution in [0.25, 0.3) is 0 Å². The quantitative estimate of drug-likeness (QED) is 0.897. The van der Waals surface area contributed by atoms with Gasteiger partial charge in [0.25, 0.3) is 0 Å². The minimum Gasteiger partial charge on any atom is -0.444 e. The molecule has 1 fully saturated rings. The Morgan fingerprint density at radius 3 is 2.76 bits per heavy atom. The molecule has 0 spiro atoms. The number of benzene rings is 1. The van der Waals surface area contributed by atoms with Crippen molar-refractivity contribution < 1.29 is 13.9 Å². The molecule has 1 amide bonds. The van der Waals surface area contributed by atoms with Gasteiger partial charge in [0.2, 0.25) is 0 Å². The molecule has 0 aliphatic heterocycles. The van der Waals surface area contributed by atoms with Crippen molar-refractivity contribution in [1.82, 2.24) is 10.6 Å². The number of nitrogens with one attached hydrogen (secondary N) is 2. The Labute approximate surface area is 129 Å². The first-order valence-corrected chi connectivity index (χ1v) is 7.29. The number of alkyl carbamates (subject to hydrolysis) is 1. The molecule has 4 nitrogen and oxygen atoms in total. The summed E-state index contributed by atoms with van der Waals surface area (Å²) in [4.78, 5) is 11.6. The van der Waals surface area contributed by atoms with Crippen LogP contribution in [0.3, 0.4) is 0 Å². The fraction of sp³-hybridized carbons (Fsp3) is 0.533. The van der Waals surface area contributed by atoms with Crippen molar-refractivity contribution in [3.63, 3.8) is 0 Å². The minimum absolute atomic E-state index is 0.0667. The Kier molecular flexibility index (Phi) is 4.74. The van der Waals surface area contributed by atoms with Gasteiger partial charge in [0.05, 0.1) is 5.02 Å². The standard InChI is InChI=1S/C15H20ClFN2O2/c1-15(2,3)21-14(20)19-13-7-12(13)18-8-9-4-5-10(16)11(17)6-9/h4-6,12-13,18H,7-8H2,1-3H3,(H,19,20). The Morgan fingerprint density at radius 2 is 2.14 bits per heavy atom. The molecule has 0 heterocycles. The molecule has 21 heavy (non-hydrogen) atoms. The molecule has 2 N–H and O–H groups in total. The average molecular weight is 315 g/mol. The van der Waals surface area contributed by atoms with Crippen LogP contribution in [0.2, 0.25) is 5.02 Å². The Hall–Kier alpha value is -1.33. The van der Waals surface area contributed by atoms with Crippen LogP contribution in [0, 0.1) is 5.82 Å². The van der Waals surface area contributed by atoms with Gasteiger partial charge in [-0.2, -0.15) is 0 Å². The summed E-state index contributed by atoms with van der Waals surface area (Å²) in [6, 6.07) is 4.98. The van der Waals surface area contributed by atoms with Crippen molar-refractivity contribution >= 4 is 17.7 Å². The zero-order valence-electron chi connectivity index (χ0n) is 12.4. The van der Waals surface area contributed by atoms with E-state index in [0.29, 0.717) is 6.54 Å². The monoisotopic (exact) mass is 314 g/mol. The number of carbonyl (C=O) groups is 1. The molecule has 1 aromatic rings. The fourth-order valence-electron chi connectivity index (χ4n) is 1.94. The van der Waals surface area contributed by atoms with Crippen LogP contribution >= 0.6 is 11.6 Å². The molecule has 1 aliphatic carbocycles. The lowest BCUT2D eigenvalue weighted by Gasteiger charge is -2.19. The predicted octanol–water partition coefficient (Wildman–Crippen LogP) is 3.23. The number of hydrogen-bond donors (Lipinski definition) is 2. The minimum atomic E-state index is -0.497. The van der Waals surface area contributed by atoms with Crippen LogP contribution in [-0.2, 0) is 11.3 Å². The highest BCUT2D eigenvalue weighted by Gasteiger charge is 2.38. The maximum absolute atomic E-state index is 13.3. The summed E-state index contributed by atoms with van der Waals surface area (Å²) < 4.78 is 18.5. The van der Waals surface area contributed by atoms with E-state index in [-0.39, 0.29) is 17.1 Å². The number of ether oxygens (including phenoxy) is 1. The van der Waals surface area contributed by atoms with E-state index in [1.165, 1.54) is 12.1 Å². The maximum atomic E-state index is 13.3. The van der Waals surface area contributed by atoms with Gasteiger partial charge in [0.1, 0.15) is 11.4 Å². The van der Waals surface area contributed by atoms with Crippen molar-refractivity contribution in [3.05, 3.63) is 34.6 Å². The number of hydrogen-bond acceptors (Lipinski definition) is 3. The molecule has 1 aromatic carbocycles. The van der Waals surface area contributed by atoms with Crippen molar-refractivity contribution in [2.75, 3.05) is 0 Å². The lowest BCUT2D eigenvalue weighted by molar-refractivity contribution is 0.0522. The number of halogens is 2. The number of amides is 1. The topological polar surface area (TPSA) is 50.4 Å². The van der Waals surface area contributed by atoms with Gasteiger partial charge < -0.3 is 15.4 Å². The van der Waals surface area contributed by atoms with E-state index in [4.69, 9.17) is 16.3 Å². The molecule has 1 saturated carbocycles. The van der Waals surface area contributed by atoms with Crippen LogP contribution in [0.4, 0.5) is 9.18 Å². The Morgan fingerprint density at radius 1 is 1.43 bits per heavy atom. The summed E-state index contributed by atoms with van der Waals surface area (Å²) in [5.74, 6) is -0.421. The van der Waals surface area contributed by atoms with Gasteiger partial charge in [-0.15, -0.1) is 0 Å². The second-order valence-corrected chi connectivity index (χ2v) is 6.63. The second-order valence-electron chi connectivity index (χ2n) is 6.22. The van der Waals surface area contributed by atoms with Crippen molar-refractivity contribution in [2.24, 2.45) is 0 Å². The Balaban J connectivity index is 1.72. The molecule has 6 heteroatoms. The third kappa shape index (κ3) is 5.17. The van der Waals surface area contributed by atoms with E-state index in [0.717, 1.165) is 12.0 Å². The van der Waals surface area contributed by atoms with Gasteiger partial charge in [-0.1, -0.05) is 17.7 Å². The molecule has 1 aliphatic rings. The molecular formula is C15H20ClFN2O2. The van der Waals surface area contributed by atoms with E-state index in [1.54, 1.807) is 6.07 Å². The lowest BCUT2D eigenvalue weighted by atomic mass is 10.2. The van der Waals surface area contributed by atoms with E-state index < -0.39 is 17.5 Å². The van der Waals surface area contributed by atoms with Crippen molar-refractivity contribution in [2.45, 2.75) is 51.4 Å². The van der Waals surface area contributed by atoms with Crippen LogP contribution in [0.1, 0.15) is 32.8 Å². The zero-order chi connectivity index (χ0) is 15.6. The Bertz CT molecular complexity index is 531. The maximum Gasteiger partial charge on any atom is 0.407 e. The summed E-state index contributed by atoms with van der Waals surface area (Å²) in [5, 5.41) is 6.18. The first-order valence-electron chi connectivity index (χ1n) is 6.91. The highest BCUT2D eigenvalue weighted by molar-refractivity contribution is 6.30. The SMILES string of the molecule is CC(C)(C)OC(=O)NC1CC1NCc1ccc(Cl)c(F)c1. The van der Waals surface area contributed by atoms with Gasteiger partial charge in [0.15, 0.2) is 0 Å².